The Morgan fingerprint density at radius 2 is 1.61 bits per heavy atom. The molecule has 158 valence electrons. The Morgan fingerprint density at radius 3 is 2.29 bits per heavy atom. The Kier molecular flexibility index (Phi) is 6.57. The van der Waals surface area contributed by atoms with Crippen molar-refractivity contribution in [1.82, 2.24) is 9.88 Å². The number of ether oxygens (including phenoxy) is 1. The molecule has 0 aliphatic carbocycles. The maximum atomic E-state index is 13.0. The van der Waals surface area contributed by atoms with Crippen LogP contribution in [-0.4, -0.2) is 41.8 Å². The van der Waals surface area contributed by atoms with Crippen LogP contribution in [0.15, 0.2) is 85.3 Å². The summed E-state index contributed by atoms with van der Waals surface area (Å²) in [5.74, 6) is 0.356. The summed E-state index contributed by atoms with van der Waals surface area (Å²) in [4.78, 5) is 21.0. The lowest BCUT2D eigenvalue weighted by Gasteiger charge is -2.35. The van der Waals surface area contributed by atoms with Gasteiger partial charge >= 0.3 is 0 Å². The fourth-order valence-electron chi connectivity index (χ4n) is 3.42. The fourth-order valence-corrected chi connectivity index (χ4v) is 3.42. The topological polar surface area (TPSA) is 45.7 Å². The Balaban J connectivity index is 1.25. The highest BCUT2D eigenvalue weighted by Gasteiger charge is 2.15. The van der Waals surface area contributed by atoms with E-state index in [1.807, 2.05) is 18.3 Å². The number of halogens is 1. The molecule has 0 bridgehead atoms. The Bertz CT molecular complexity index is 1010. The normalized spacial score (nSPS) is 14.1. The first-order valence-electron chi connectivity index (χ1n) is 10.3. The monoisotopic (exact) mass is 417 g/mol. The molecule has 0 saturated carbocycles. The Morgan fingerprint density at radius 1 is 0.935 bits per heavy atom. The number of carbonyl (C=O) groups is 1. The van der Waals surface area contributed by atoms with Crippen LogP contribution < -0.4 is 9.64 Å². The molecule has 0 spiro atoms. The Hall–Kier alpha value is -3.67. The van der Waals surface area contributed by atoms with Crippen LogP contribution in [0.25, 0.3) is 0 Å². The van der Waals surface area contributed by atoms with Crippen molar-refractivity contribution >= 4 is 11.5 Å². The van der Waals surface area contributed by atoms with E-state index < -0.39 is 0 Å². The summed E-state index contributed by atoms with van der Waals surface area (Å²) >= 11 is 0. The van der Waals surface area contributed by atoms with Crippen molar-refractivity contribution in [1.29, 1.82) is 0 Å². The van der Waals surface area contributed by atoms with Crippen molar-refractivity contribution in [3.05, 3.63) is 102 Å². The smallest absolute Gasteiger partial charge is 0.187 e. The van der Waals surface area contributed by atoms with Crippen LogP contribution in [0.2, 0.25) is 0 Å². The fraction of sp³-hybridized carbons (Fsp3) is 0.200. The van der Waals surface area contributed by atoms with Gasteiger partial charge in [0.15, 0.2) is 5.78 Å². The number of nitrogens with zero attached hydrogens (tertiary/aromatic N) is 3. The predicted molar refractivity (Wildman–Crippen MR) is 119 cm³/mol. The molecule has 4 rings (SSSR count). The maximum absolute atomic E-state index is 13.0. The molecule has 0 unspecified atom stereocenters. The number of ketones is 1. The van der Waals surface area contributed by atoms with E-state index in [0.29, 0.717) is 17.9 Å². The molecule has 5 nitrogen and oxygen atoms in total. The molecular formula is C25H24FN3O2. The van der Waals surface area contributed by atoms with Gasteiger partial charge in [-0.25, -0.2) is 4.39 Å². The van der Waals surface area contributed by atoms with Gasteiger partial charge in [0, 0.05) is 62.1 Å². The zero-order valence-corrected chi connectivity index (χ0v) is 17.2. The first kappa shape index (κ1) is 20.6. The highest BCUT2D eigenvalue weighted by Crippen LogP contribution is 2.17. The molecule has 1 aliphatic heterocycles. The molecule has 1 fully saturated rings. The second-order valence-corrected chi connectivity index (χ2v) is 7.35. The molecule has 0 amide bonds. The SMILES string of the molecule is O=C(C=CN1CCN(c2ccncc2)CC1)c1ccc(OCc2ccc(F)cc2)cc1. The third kappa shape index (κ3) is 5.69. The van der Waals surface area contributed by atoms with Gasteiger partial charge in [0.05, 0.1) is 0 Å². The number of pyridine rings is 1. The molecule has 2 aromatic carbocycles. The quantitative estimate of drug-likeness (QED) is 0.423. The number of aromatic nitrogens is 1. The lowest BCUT2D eigenvalue weighted by Crippen LogP contribution is -2.44. The second-order valence-electron chi connectivity index (χ2n) is 7.35. The number of hydrogen-bond donors (Lipinski definition) is 0. The molecule has 6 heteroatoms. The van der Waals surface area contributed by atoms with E-state index in [1.54, 1.807) is 54.9 Å². The van der Waals surface area contributed by atoms with Crippen LogP contribution >= 0.6 is 0 Å². The van der Waals surface area contributed by atoms with Crippen LogP contribution in [0.4, 0.5) is 10.1 Å². The number of rotatable bonds is 7. The molecule has 3 aromatic rings. The van der Waals surface area contributed by atoms with Crippen molar-refractivity contribution in [2.75, 3.05) is 31.1 Å². The van der Waals surface area contributed by atoms with Crippen LogP contribution in [0.1, 0.15) is 15.9 Å². The summed E-state index contributed by atoms with van der Waals surface area (Å²) in [5, 5.41) is 0. The molecular weight excluding hydrogens is 393 g/mol. The van der Waals surface area contributed by atoms with E-state index >= 15 is 0 Å². The third-order valence-corrected chi connectivity index (χ3v) is 5.24. The van der Waals surface area contributed by atoms with E-state index in [2.05, 4.69) is 14.8 Å². The third-order valence-electron chi connectivity index (χ3n) is 5.24. The molecule has 31 heavy (non-hydrogen) atoms. The number of benzene rings is 2. The first-order valence-corrected chi connectivity index (χ1v) is 10.3. The summed E-state index contributed by atoms with van der Waals surface area (Å²) in [6, 6.07) is 17.3. The maximum Gasteiger partial charge on any atom is 0.187 e. The minimum Gasteiger partial charge on any atom is -0.489 e. The highest BCUT2D eigenvalue weighted by atomic mass is 19.1. The molecule has 1 aromatic heterocycles. The van der Waals surface area contributed by atoms with Crippen LogP contribution in [0.5, 0.6) is 5.75 Å². The van der Waals surface area contributed by atoms with Crippen molar-refractivity contribution in [2.45, 2.75) is 6.61 Å². The number of piperazine rings is 1. The number of allylic oxidation sites excluding steroid dienone is 1. The number of hydrogen-bond acceptors (Lipinski definition) is 5. The minimum atomic E-state index is -0.268. The summed E-state index contributed by atoms with van der Waals surface area (Å²) < 4.78 is 18.7. The van der Waals surface area contributed by atoms with Gasteiger partial charge < -0.3 is 14.5 Å². The van der Waals surface area contributed by atoms with E-state index in [9.17, 15) is 9.18 Å². The van der Waals surface area contributed by atoms with Crippen LogP contribution in [0.3, 0.4) is 0 Å². The molecule has 2 heterocycles. The van der Waals surface area contributed by atoms with Crippen molar-refractivity contribution < 1.29 is 13.9 Å². The van der Waals surface area contributed by atoms with Gasteiger partial charge in [0.25, 0.3) is 0 Å². The van der Waals surface area contributed by atoms with Gasteiger partial charge in [-0.05, 0) is 54.1 Å². The van der Waals surface area contributed by atoms with Gasteiger partial charge in [-0.3, -0.25) is 9.78 Å². The van der Waals surface area contributed by atoms with Gasteiger partial charge in [-0.1, -0.05) is 12.1 Å². The average Bonchev–Trinajstić information content (AvgIpc) is 2.83. The standard InChI is InChI=1S/C25H24FN3O2/c26-22-5-1-20(2-6-22)19-31-24-7-3-21(4-8-24)25(30)11-14-28-15-17-29(18-16-28)23-9-12-27-13-10-23/h1-14H,15-19H2. The van der Waals surface area contributed by atoms with E-state index in [-0.39, 0.29) is 11.6 Å². The lowest BCUT2D eigenvalue weighted by molar-refractivity contribution is 0.104. The van der Waals surface area contributed by atoms with Gasteiger partial charge in [-0.15, -0.1) is 0 Å². The Labute approximate surface area is 181 Å². The van der Waals surface area contributed by atoms with E-state index in [1.165, 1.54) is 17.8 Å². The molecule has 0 atom stereocenters. The molecule has 1 saturated heterocycles. The van der Waals surface area contributed by atoms with Crippen molar-refractivity contribution in [3.63, 3.8) is 0 Å². The summed E-state index contributed by atoms with van der Waals surface area (Å²) in [5.41, 5.74) is 2.67. The first-order chi connectivity index (χ1) is 15.2. The second kappa shape index (κ2) is 9.89. The van der Waals surface area contributed by atoms with Crippen LogP contribution in [-0.2, 0) is 6.61 Å². The van der Waals surface area contributed by atoms with Gasteiger partial charge in [-0.2, -0.15) is 0 Å². The van der Waals surface area contributed by atoms with Crippen molar-refractivity contribution in [2.24, 2.45) is 0 Å². The average molecular weight is 417 g/mol. The zero-order valence-electron chi connectivity index (χ0n) is 17.2. The molecule has 1 aliphatic rings. The summed E-state index contributed by atoms with van der Waals surface area (Å²) in [6.45, 7) is 3.88. The largest absolute Gasteiger partial charge is 0.489 e. The number of anilines is 1. The predicted octanol–water partition coefficient (Wildman–Crippen LogP) is 4.32. The highest BCUT2D eigenvalue weighted by molar-refractivity contribution is 6.04. The number of carbonyl (C=O) groups excluding carboxylic acids is 1. The molecule has 0 N–H and O–H groups in total. The molecule has 0 radical (unpaired) electrons. The minimum absolute atomic E-state index is 0.0401. The summed E-state index contributed by atoms with van der Waals surface area (Å²) in [6.07, 6.45) is 7.11. The van der Waals surface area contributed by atoms with Crippen molar-refractivity contribution in [3.8, 4) is 5.75 Å². The van der Waals surface area contributed by atoms with Gasteiger partial charge in [0.2, 0.25) is 0 Å². The van der Waals surface area contributed by atoms with Gasteiger partial charge in [0.1, 0.15) is 18.2 Å². The van der Waals surface area contributed by atoms with E-state index in [4.69, 9.17) is 4.74 Å². The zero-order chi connectivity index (χ0) is 21.5. The lowest BCUT2D eigenvalue weighted by atomic mass is 10.1. The van der Waals surface area contributed by atoms with E-state index in [0.717, 1.165) is 31.7 Å². The summed E-state index contributed by atoms with van der Waals surface area (Å²) in [7, 11) is 0. The van der Waals surface area contributed by atoms with Crippen LogP contribution in [0, 0.1) is 5.82 Å².